The summed E-state index contributed by atoms with van der Waals surface area (Å²) in [5.74, 6) is 2.53. The minimum Gasteiger partial charge on any atom is -0.497 e. The molecule has 0 bridgehead atoms. The van der Waals surface area contributed by atoms with Crippen LogP contribution in [0.25, 0.3) is 0 Å². The molecule has 1 amide bonds. The van der Waals surface area contributed by atoms with Crippen LogP contribution in [0.1, 0.15) is 56.1 Å². The van der Waals surface area contributed by atoms with Gasteiger partial charge in [0.2, 0.25) is 0 Å². The summed E-state index contributed by atoms with van der Waals surface area (Å²) in [6.45, 7) is 5.98. The third-order valence-corrected chi connectivity index (χ3v) is 5.52. The molecule has 1 aliphatic rings. The number of amides is 1. The van der Waals surface area contributed by atoms with Crippen LogP contribution < -0.4 is 9.47 Å². The van der Waals surface area contributed by atoms with Gasteiger partial charge in [0, 0.05) is 19.0 Å². The van der Waals surface area contributed by atoms with Gasteiger partial charge in [0.05, 0.1) is 7.11 Å². The molecule has 1 unspecified atom stereocenters. The fourth-order valence-corrected chi connectivity index (χ4v) is 3.70. The molecule has 0 radical (unpaired) electrons. The first-order chi connectivity index (χ1) is 13.6. The van der Waals surface area contributed by atoms with E-state index in [-0.39, 0.29) is 12.5 Å². The molecule has 150 valence electrons. The Balaban J connectivity index is 1.58. The number of hydrogen-bond donors (Lipinski definition) is 0. The van der Waals surface area contributed by atoms with Crippen LogP contribution in [0, 0.1) is 0 Å². The lowest BCUT2D eigenvalue weighted by atomic mass is 9.94. The number of benzene rings is 2. The summed E-state index contributed by atoms with van der Waals surface area (Å²) in [5, 5.41) is 0. The molecule has 3 rings (SSSR count). The van der Waals surface area contributed by atoms with Gasteiger partial charge in [-0.3, -0.25) is 4.79 Å². The van der Waals surface area contributed by atoms with Gasteiger partial charge in [-0.1, -0.05) is 44.5 Å². The molecule has 2 aromatic carbocycles. The minimum atomic E-state index is 0.0633. The predicted octanol–water partition coefficient (Wildman–Crippen LogP) is 4.99. The number of ether oxygens (including phenoxy) is 2. The van der Waals surface area contributed by atoms with Crippen LogP contribution in [-0.4, -0.2) is 37.6 Å². The summed E-state index contributed by atoms with van der Waals surface area (Å²) < 4.78 is 11.0. The average Bonchev–Trinajstić information content (AvgIpc) is 2.99. The Morgan fingerprint density at radius 1 is 1.04 bits per heavy atom. The highest BCUT2D eigenvalue weighted by Gasteiger charge is 2.23. The Hall–Kier alpha value is -2.49. The number of carbonyl (C=O) groups is 1. The normalized spacial score (nSPS) is 17.3. The summed E-state index contributed by atoms with van der Waals surface area (Å²) in [5.41, 5.74) is 2.54. The lowest BCUT2D eigenvalue weighted by molar-refractivity contribution is -0.133. The maximum absolute atomic E-state index is 12.8. The maximum Gasteiger partial charge on any atom is 0.260 e. The summed E-state index contributed by atoms with van der Waals surface area (Å²) in [6.07, 6.45) is 3.28. The van der Waals surface area contributed by atoms with Crippen LogP contribution >= 0.6 is 0 Å². The summed E-state index contributed by atoms with van der Waals surface area (Å²) in [4.78, 5) is 14.7. The number of hydrogen-bond acceptors (Lipinski definition) is 3. The average molecular weight is 382 g/mol. The standard InChI is InChI=1S/C24H31NO3/c1-18(2)19-7-13-23(14-8-19)28-17-24(26)25-15-5-4-6-21(16-25)20-9-11-22(27-3)12-10-20/h7-14,18,21H,4-6,15-17H2,1-3H3. The molecule has 0 saturated carbocycles. The van der Waals surface area contributed by atoms with E-state index in [9.17, 15) is 4.79 Å². The van der Waals surface area contributed by atoms with Gasteiger partial charge in [0.1, 0.15) is 11.5 Å². The molecule has 0 aromatic heterocycles. The van der Waals surface area contributed by atoms with Crippen molar-refractivity contribution >= 4 is 5.91 Å². The smallest absolute Gasteiger partial charge is 0.260 e. The van der Waals surface area contributed by atoms with Crippen LogP contribution in [0.4, 0.5) is 0 Å². The second kappa shape index (κ2) is 9.63. The molecule has 1 fully saturated rings. The first-order valence-electron chi connectivity index (χ1n) is 10.2. The van der Waals surface area contributed by atoms with E-state index in [4.69, 9.17) is 9.47 Å². The van der Waals surface area contributed by atoms with Crippen molar-refractivity contribution in [2.24, 2.45) is 0 Å². The van der Waals surface area contributed by atoms with Crippen molar-refractivity contribution in [3.63, 3.8) is 0 Å². The Morgan fingerprint density at radius 2 is 1.71 bits per heavy atom. The van der Waals surface area contributed by atoms with E-state index < -0.39 is 0 Å². The molecule has 4 nitrogen and oxygen atoms in total. The van der Waals surface area contributed by atoms with E-state index >= 15 is 0 Å². The molecule has 1 saturated heterocycles. The Labute approximate surface area is 168 Å². The topological polar surface area (TPSA) is 38.8 Å². The van der Waals surface area contributed by atoms with Crippen LogP contribution in [-0.2, 0) is 4.79 Å². The predicted molar refractivity (Wildman–Crippen MR) is 112 cm³/mol. The van der Waals surface area contributed by atoms with Gasteiger partial charge >= 0.3 is 0 Å². The van der Waals surface area contributed by atoms with Crippen LogP contribution in [0.5, 0.6) is 11.5 Å². The lowest BCUT2D eigenvalue weighted by Gasteiger charge is -2.25. The first-order valence-corrected chi connectivity index (χ1v) is 10.2. The molecule has 2 aromatic rings. The third-order valence-electron chi connectivity index (χ3n) is 5.52. The summed E-state index contributed by atoms with van der Waals surface area (Å²) in [6, 6.07) is 16.3. The molecule has 1 heterocycles. The van der Waals surface area contributed by atoms with Gasteiger partial charge in [-0.15, -0.1) is 0 Å². The highest BCUT2D eigenvalue weighted by Crippen LogP contribution is 2.28. The van der Waals surface area contributed by atoms with Gasteiger partial charge in [-0.25, -0.2) is 0 Å². The number of likely N-dealkylation sites (tertiary alicyclic amines) is 1. The van der Waals surface area contributed by atoms with Crippen LogP contribution in [0.2, 0.25) is 0 Å². The maximum atomic E-state index is 12.8. The Morgan fingerprint density at radius 3 is 2.36 bits per heavy atom. The molecular weight excluding hydrogens is 350 g/mol. The van der Waals surface area contributed by atoms with Crippen LogP contribution in [0.3, 0.4) is 0 Å². The summed E-state index contributed by atoms with van der Waals surface area (Å²) >= 11 is 0. The van der Waals surface area contributed by atoms with Crippen molar-refractivity contribution in [3.05, 3.63) is 59.7 Å². The number of carbonyl (C=O) groups excluding carboxylic acids is 1. The van der Waals surface area contributed by atoms with E-state index in [2.05, 4.69) is 38.1 Å². The van der Waals surface area contributed by atoms with Crippen molar-refractivity contribution in [3.8, 4) is 11.5 Å². The van der Waals surface area contributed by atoms with Gasteiger partial charge in [0.15, 0.2) is 6.61 Å². The number of methoxy groups -OCH3 is 1. The van der Waals surface area contributed by atoms with Gasteiger partial charge in [-0.2, -0.15) is 0 Å². The second-order valence-electron chi connectivity index (χ2n) is 7.82. The summed E-state index contributed by atoms with van der Waals surface area (Å²) in [7, 11) is 1.68. The molecule has 28 heavy (non-hydrogen) atoms. The fourth-order valence-electron chi connectivity index (χ4n) is 3.70. The Kier molecular flexibility index (Phi) is 6.96. The highest BCUT2D eigenvalue weighted by atomic mass is 16.5. The van der Waals surface area contributed by atoms with E-state index in [0.717, 1.165) is 43.9 Å². The van der Waals surface area contributed by atoms with Gasteiger partial charge < -0.3 is 14.4 Å². The molecule has 1 atom stereocenters. The molecule has 1 aliphatic heterocycles. The zero-order valence-corrected chi connectivity index (χ0v) is 17.2. The van der Waals surface area contributed by atoms with Crippen molar-refractivity contribution in [1.29, 1.82) is 0 Å². The minimum absolute atomic E-state index is 0.0633. The van der Waals surface area contributed by atoms with E-state index in [1.54, 1.807) is 7.11 Å². The van der Waals surface area contributed by atoms with Gasteiger partial charge in [-0.05, 0) is 54.2 Å². The first kappa shape index (κ1) is 20.2. The lowest BCUT2D eigenvalue weighted by Crippen LogP contribution is -2.37. The van der Waals surface area contributed by atoms with Crippen molar-refractivity contribution in [1.82, 2.24) is 4.90 Å². The third kappa shape index (κ3) is 5.28. The molecule has 0 N–H and O–H groups in total. The number of nitrogens with zero attached hydrogens (tertiary/aromatic N) is 1. The van der Waals surface area contributed by atoms with Gasteiger partial charge in [0.25, 0.3) is 5.91 Å². The number of rotatable bonds is 6. The quantitative estimate of drug-likeness (QED) is 0.707. The van der Waals surface area contributed by atoms with Crippen molar-refractivity contribution < 1.29 is 14.3 Å². The fraction of sp³-hybridized carbons (Fsp3) is 0.458. The molecule has 0 aliphatic carbocycles. The second-order valence-corrected chi connectivity index (χ2v) is 7.82. The van der Waals surface area contributed by atoms with E-state index in [1.807, 2.05) is 29.2 Å². The van der Waals surface area contributed by atoms with E-state index in [1.165, 1.54) is 11.1 Å². The zero-order chi connectivity index (χ0) is 19.9. The molecule has 0 spiro atoms. The Bertz CT molecular complexity index is 752. The SMILES string of the molecule is COc1ccc(C2CCCCN(C(=O)COc3ccc(C(C)C)cc3)C2)cc1. The molecular formula is C24H31NO3. The van der Waals surface area contributed by atoms with E-state index in [0.29, 0.717) is 11.8 Å². The largest absolute Gasteiger partial charge is 0.497 e. The zero-order valence-electron chi connectivity index (χ0n) is 17.2. The van der Waals surface area contributed by atoms with Crippen LogP contribution in [0.15, 0.2) is 48.5 Å². The molecule has 4 heteroatoms. The highest BCUT2D eigenvalue weighted by molar-refractivity contribution is 5.78. The van der Waals surface area contributed by atoms with Crippen molar-refractivity contribution in [2.75, 3.05) is 26.8 Å². The monoisotopic (exact) mass is 381 g/mol. The van der Waals surface area contributed by atoms with Crippen molar-refractivity contribution in [2.45, 2.75) is 44.9 Å².